The van der Waals surface area contributed by atoms with E-state index in [2.05, 4.69) is 27.5 Å². The summed E-state index contributed by atoms with van der Waals surface area (Å²) >= 11 is 7.26. The van der Waals surface area contributed by atoms with Crippen LogP contribution in [-0.2, 0) is 9.59 Å². The second kappa shape index (κ2) is 8.58. The Morgan fingerprint density at radius 3 is 2.78 bits per heavy atom. The van der Waals surface area contributed by atoms with Crippen molar-refractivity contribution in [1.82, 2.24) is 9.97 Å². The molecule has 0 aliphatic carbocycles. The number of halogens is 1. The molecule has 1 aromatic heterocycles. The summed E-state index contributed by atoms with van der Waals surface area (Å²) in [7, 11) is 0. The number of hydrogen-bond acceptors (Lipinski definition) is 5. The molecular formula is C18H19ClN4O3S. The van der Waals surface area contributed by atoms with Gasteiger partial charge in [0.25, 0.3) is 5.56 Å². The monoisotopic (exact) mass is 406 g/mol. The van der Waals surface area contributed by atoms with E-state index in [1.165, 1.54) is 11.8 Å². The zero-order valence-electron chi connectivity index (χ0n) is 14.7. The largest absolute Gasteiger partial charge is 0.326 e. The maximum atomic E-state index is 12.7. The Morgan fingerprint density at radius 2 is 2.07 bits per heavy atom. The van der Waals surface area contributed by atoms with Crippen molar-refractivity contribution < 1.29 is 9.59 Å². The van der Waals surface area contributed by atoms with Crippen molar-refractivity contribution in [3.8, 4) is 0 Å². The number of anilines is 2. The highest BCUT2D eigenvalue weighted by molar-refractivity contribution is 7.99. The third kappa shape index (κ3) is 4.70. The van der Waals surface area contributed by atoms with Crippen LogP contribution in [0.25, 0.3) is 0 Å². The maximum absolute atomic E-state index is 12.7. The Balaban J connectivity index is 1.86. The van der Waals surface area contributed by atoms with Crippen LogP contribution in [0.15, 0.2) is 34.2 Å². The van der Waals surface area contributed by atoms with Gasteiger partial charge in [0.05, 0.1) is 11.5 Å². The van der Waals surface area contributed by atoms with Crippen LogP contribution in [0.2, 0.25) is 5.02 Å². The SMILES string of the molecule is CCCCSc1nc2c(c(=O)[nH]1)[C@H](C(=O)Nc1ccc(Cl)cc1)CC(=O)N2. The molecule has 0 saturated heterocycles. The highest BCUT2D eigenvalue weighted by Crippen LogP contribution is 2.30. The summed E-state index contributed by atoms with van der Waals surface area (Å²) in [5, 5.41) is 6.31. The molecule has 0 radical (unpaired) electrons. The van der Waals surface area contributed by atoms with Crippen molar-refractivity contribution in [1.29, 1.82) is 0 Å². The number of carbonyl (C=O) groups excluding carboxylic acids is 2. The van der Waals surface area contributed by atoms with Gasteiger partial charge in [0.1, 0.15) is 5.82 Å². The van der Waals surface area contributed by atoms with Crippen molar-refractivity contribution in [3.63, 3.8) is 0 Å². The summed E-state index contributed by atoms with van der Waals surface area (Å²) < 4.78 is 0. The Labute approximate surface area is 165 Å². The summed E-state index contributed by atoms with van der Waals surface area (Å²) in [5.74, 6) is -0.721. The number of nitrogens with zero attached hydrogens (tertiary/aromatic N) is 1. The van der Waals surface area contributed by atoms with Crippen molar-refractivity contribution in [2.45, 2.75) is 37.3 Å². The minimum atomic E-state index is -0.907. The Hall–Kier alpha value is -2.32. The number of amides is 2. The molecule has 2 aromatic rings. The van der Waals surface area contributed by atoms with Gasteiger partial charge in [-0.3, -0.25) is 14.4 Å². The molecule has 1 aliphatic rings. The molecule has 0 unspecified atom stereocenters. The molecule has 3 N–H and O–H groups in total. The van der Waals surface area contributed by atoms with Crippen molar-refractivity contribution in [2.75, 3.05) is 16.4 Å². The molecule has 7 nitrogen and oxygen atoms in total. The quantitative estimate of drug-likeness (QED) is 0.387. The minimum absolute atomic E-state index is 0.112. The molecule has 2 amide bonds. The van der Waals surface area contributed by atoms with Gasteiger partial charge >= 0.3 is 0 Å². The number of H-pyrrole nitrogens is 1. The molecule has 9 heteroatoms. The van der Waals surface area contributed by atoms with E-state index in [4.69, 9.17) is 11.6 Å². The first-order valence-electron chi connectivity index (χ1n) is 8.61. The number of hydrogen-bond donors (Lipinski definition) is 3. The first kappa shape index (κ1) is 19.4. The smallest absolute Gasteiger partial charge is 0.257 e. The van der Waals surface area contributed by atoms with E-state index in [9.17, 15) is 14.4 Å². The van der Waals surface area contributed by atoms with Gasteiger partial charge in [-0.25, -0.2) is 4.98 Å². The lowest BCUT2D eigenvalue weighted by Gasteiger charge is -2.23. The molecule has 1 atom stereocenters. The molecule has 1 aromatic carbocycles. The summed E-state index contributed by atoms with van der Waals surface area (Å²) in [4.78, 5) is 44.4. The van der Waals surface area contributed by atoms with Crippen LogP contribution in [0.5, 0.6) is 0 Å². The van der Waals surface area contributed by atoms with Crippen LogP contribution in [0.4, 0.5) is 11.5 Å². The first-order chi connectivity index (χ1) is 13.0. The second-order valence-corrected chi connectivity index (χ2v) is 7.66. The van der Waals surface area contributed by atoms with E-state index >= 15 is 0 Å². The van der Waals surface area contributed by atoms with Gasteiger partial charge in [-0.1, -0.05) is 36.7 Å². The fourth-order valence-corrected chi connectivity index (χ4v) is 3.79. The number of thioether (sulfide) groups is 1. The van der Waals surface area contributed by atoms with Crippen molar-refractivity contribution >= 4 is 46.7 Å². The topological polar surface area (TPSA) is 104 Å². The third-order valence-corrected chi connectivity index (χ3v) is 5.31. The number of nitrogens with one attached hydrogen (secondary N) is 3. The molecule has 0 spiro atoms. The lowest BCUT2D eigenvalue weighted by Crippen LogP contribution is -2.36. The Bertz CT molecular complexity index is 914. The number of carbonyl (C=O) groups is 2. The van der Waals surface area contributed by atoms with Crippen LogP contribution >= 0.6 is 23.4 Å². The molecule has 0 saturated carbocycles. The summed E-state index contributed by atoms with van der Waals surface area (Å²) in [6, 6.07) is 6.60. The lowest BCUT2D eigenvalue weighted by atomic mass is 9.92. The summed E-state index contributed by atoms with van der Waals surface area (Å²) in [6.45, 7) is 2.08. The Kier molecular flexibility index (Phi) is 6.18. The zero-order valence-corrected chi connectivity index (χ0v) is 16.2. The number of unbranched alkanes of at least 4 members (excludes halogenated alkanes) is 1. The molecule has 3 rings (SSSR count). The molecule has 2 heterocycles. The van der Waals surface area contributed by atoms with Crippen LogP contribution < -0.4 is 16.2 Å². The van der Waals surface area contributed by atoms with E-state index in [1.807, 2.05) is 0 Å². The van der Waals surface area contributed by atoms with E-state index < -0.39 is 17.4 Å². The normalized spacial score (nSPS) is 15.8. The van der Waals surface area contributed by atoms with Gasteiger partial charge in [0.15, 0.2) is 5.16 Å². The second-order valence-electron chi connectivity index (χ2n) is 6.14. The van der Waals surface area contributed by atoms with Crippen molar-refractivity contribution in [2.24, 2.45) is 0 Å². The fourth-order valence-electron chi connectivity index (χ4n) is 2.72. The van der Waals surface area contributed by atoms with Gasteiger partial charge in [0, 0.05) is 22.9 Å². The van der Waals surface area contributed by atoms with E-state index in [0.29, 0.717) is 15.9 Å². The van der Waals surface area contributed by atoms with Gasteiger partial charge in [-0.05, 0) is 30.7 Å². The van der Waals surface area contributed by atoms with Crippen molar-refractivity contribution in [3.05, 3.63) is 45.2 Å². The third-order valence-electron chi connectivity index (χ3n) is 4.09. The number of aromatic amines is 1. The van der Waals surface area contributed by atoms with E-state index in [1.54, 1.807) is 24.3 Å². The van der Waals surface area contributed by atoms with E-state index in [-0.39, 0.29) is 23.7 Å². The van der Waals surface area contributed by atoms with Gasteiger partial charge < -0.3 is 15.6 Å². The zero-order chi connectivity index (χ0) is 19.4. The molecular weight excluding hydrogens is 388 g/mol. The summed E-state index contributed by atoms with van der Waals surface area (Å²) in [5.41, 5.74) is 0.309. The molecule has 0 bridgehead atoms. The standard InChI is InChI=1S/C18H19ClN4O3S/c1-2-3-8-27-18-22-15-14(17(26)23-18)12(9-13(24)21-15)16(25)20-11-6-4-10(19)5-7-11/h4-7,12H,2-3,8-9H2,1H3,(H,20,25)(H2,21,22,23,24,26)/t12-/m1/s1. The fraction of sp³-hybridized carbons (Fsp3) is 0.333. The van der Waals surface area contributed by atoms with E-state index in [0.717, 1.165) is 18.6 Å². The predicted octanol–water partition coefficient (Wildman–Crippen LogP) is 3.38. The summed E-state index contributed by atoms with van der Waals surface area (Å²) in [6.07, 6.45) is 1.91. The van der Waals surface area contributed by atoms with Gasteiger partial charge in [-0.2, -0.15) is 0 Å². The highest BCUT2D eigenvalue weighted by atomic mass is 35.5. The number of rotatable bonds is 6. The van der Waals surface area contributed by atoms with Crippen LogP contribution in [0.3, 0.4) is 0 Å². The minimum Gasteiger partial charge on any atom is -0.326 e. The molecule has 1 aliphatic heterocycles. The number of benzene rings is 1. The lowest BCUT2D eigenvalue weighted by molar-refractivity contribution is -0.123. The average Bonchev–Trinajstić information content (AvgIpc) is 2.63. The number of aromatic nitrogens is 2. The number of fused-ring (bicyclic) bond motifs is 1. The molecule has 142 valence electrons. The predicted molar refractivity (Wildman–Crippen MR) is 107 cm³/mol. The van der Waals surface area contributed by atoms with Gasteiger partial charge in [0.2, 0.25) is 11.8 Å². The maximum Gasteiger partial charge on any atom is 0.257 e. The average molecular weight is 407 g/mol. The first-order valence-corrected chi connectivity index (χ1v) is 9.97. The Morgan fingerprint density at radius 1 is 1.33 bits per heavy atom. The van der Waals surface area contributed by atoms with Crippen LogP contribution in [0.1, 0.15) is 37.7 Å². The molecule has 27 heavy (non-hydrogen) atoms. The van der Waals surface area contributed by atoms with Crippen LogP contribution in [0, 0.1) is 0 Å². The van der Waals surface area contributed by atoms with Gasteiger partial charge in [-0.15, -0.1) is 0 Å². The van der Waals surface area contributed by atoms with Crippen LogP contribution in [-0.4, -0.2) is 27.5 Å². The molecule has 0 fully saturated rings. The highest BCUT2D eigenvalue weighted by Gasteiger charge is 2.34.